The molecule has 3 aliphatic rings. The van der Waals surface area contributed by atoms with Gasteiger partial charge in [0.1, 0.15) is 18.4 Å². The summed E-state index contributed by atoms with van der Waals surface area (Å²) in [6.07, 6.45) is -2.44. The Morgan fingerprint density at radius 2 is 1.76 bits per heavy atom. The third kappa shape index (κ3) is 6.52. The van der Waals surface area contributed by atoms with Crippen LogP contribution in [-0.2, 0) is 36.0 Å². The predicted molar refractivity (Wildman–Crippen MR) is 168 cm³/mol. The first-order valence-electron chi connectivity index (χ1n) is 15.6. The minimum Gasteiger partial charge on any atom is -0.430 e. The molecule has 12 heteroatoms. The zero-order valence-electron chi connectivity index (χ0n) is 27.2. The van der Waals surface area contributed by atoms with Crippen LogP contribution in [0.2, 0.25) is 0 Å². The van der Waals surface area contributed by atoms with E-state index in [1.165, 1.54) is 18.7 Å². The highest BCUT2D eigenvalue weighted by atomic mass is 32.2. The topological polar surface area (TPSA) is 97.4 Å². The number of fused-ring (bicyclic) bond motifs is 3. The summed E-state index contributed by atoms with van der Waals surface area (Å²) in [6.45, 7) is 13.0. The van der Waals surface area contributed by atoms with Crippen LogP contribution in [-0.4, -0.2) is 59.2 Å². The van der Waals surface area contributed by atoms with Crippen LogP contribution in [0.15, 0.2) is 46.7 Å². The lowest BCUT2D eigenvalue weighted by Gasteiger charge is -2.50. The molecule has 0 spiro atoms. The number of carbonyl (C=O) groups is 3. The number of hydrogen-bond acceptors (Lipinski definition) is 9. The van der Waals surface area contributed by atoms with Crippen LogP contribution in [0.5, 0.6) is 0 Å². The number of rotatable bonds is 7. The summed E-state index contributed by atoms with van der Waals surface area (Å²) < 4.78 is 46.3. The predicted octanol–water partition coefficient (Wildman–Crippen LogP) is 6.25. The highest BCUT2D eigenvalue weighted by molar-refractivity contribution is 7.98. The summed E-state index contributed by atoms with van der Waals surface area (Å²) in [5.74, 6) is -2.90. The van der Waals surface area contributed by atoms with Crippen LogP contribution in [0.3, 0.4) is 0 Å². The largest absolute Gasteiger partial charge is 0.514 e. The van der Waals surface area contributed by atoms with Gasteiger partial charge in [-0.2, -0.15) is 0 Å². The smallest absolute Gasteiger partial charge is 0.430 e. The summed E-state index contributed by atoms with van der Waals surface area (Å²) in [4.78, 5) is 42.7. The number of ketones is 1. The van der Waals surface area contributed by atoms with E-state index in [2.05, 4.69) is 5.43 Å². The van der Waals surface area contributed by atoms with E-state index < -0.39 is 53.6 Å². The zero-order chi connectivity index (χ0) is 33.4. The average molecular weight is 658 g/mol. The highest BCUT2D eigenvalue weighted by Gasteiger charge is 2.47. The summed E-state index contributed by atoms with van der Waals surface area (Å²) >= 11 is 1.43. The van der Waals surface area contributed by atoms with E-state index in [1.54, 1.807) is 16.0 Å². The van der Waals surface area contributed by atoms with Crippen molar-refractivity contribution in [1.82, 2.24) is 15.3 Å². The number of hydrazine groups is 1. The van der Waals surface area contributed by atoms with Gasteiger partial charge < -0.3 is 19.1 Å². The van der Waals surface area contributed by atoms with E-state index >= 15 is 0 Å². The van der Waals surface area contributed by atoms with Gasteiger partial charge in [0.25, 0.3) is 5.91 Å². The summed E-state index contributed by atoms with van der Waals surface area (Å²) in [7, 11) is 0. The third-order valence-electron chi connectivity index (χ3n) is 8.52. The molecule has 3 heterocycles. The summed E-state index contributed by atoms with van der Waals surface area (Å²) in [5.41, 5.74) is 6.06. The Bertz CT molecular complexity index is 1550. The van der Waals surface area contributed by atoms with Crippen molar-refractivity contribution in [2.45, 2.75) is 90.0 Å². The molecule has 0 saturated carbocycles. The van der Waals surface area contributed by atoms with Crippen molar-refractivity contribution >= 4 is 29.6 Å². The first kappa shape index (κ1) is 33.9. The van der Waals surface area contributed by atoms with Crippen molar-refractivity contribution in [3.63, 3.8) is 0 Å². The van der Waals surface area contributed by atoms with Gasteiger partial charge in [-0.15, -0.1) is 11.8 Å². The van der Waals surface area contributed by atoms with E-state index in [4.69, 9.17) is 14.2 Å². The molecular formula is C34H41F2N3O6S. The van der Waals surface area contributed by atoms with Gasteiger partial charge in [-0.05, 0) is 60.9 Å². The Balaban J connectivity index is 1.50. The number of morpholine rings is 1. The van der Waals surface area contributed by atoms with Gasteiger partial charge in [0.15, 0.2) is 23.1 Å². The molecule has 2 atom stereocenters. The number of thioether (sulfide) groups is 1. The van der Waals surface area contributed by atoms with E-state index in [-0.39, 0.29) is 42.5 Å². The quantitative estimate of drug-likeness (QED) is 0.211. The van der Waals surface area contributed by atoms with Gasteiger partial charge in [0.2, 0.25) is 5.76 Å². The van der Waals surface area contributed by atoms with Crippen molar-refractivity contribution in [2.24, 2.45) is 11.8 Å². The molecule has 1 amide bonds. The Morgan fingerprint density at radius 1 is 1.04 bits per heavy atom. The number of benzene rings is 2. The van der Waals surface area contributed by atoms with Gasteiger partial charge in [0, 0.05) is 35.7 Å². The van der Waals surface area contributed by atoms with Crippen molar-refractivity contribution in [2.75, 3.05) is 13.2 Å². The molecule has 0 unspecified atom stereocenters. The Hall–Kier alpha value is -3.48. The number of halogens is 2. The van der Waals surface area contributed by atoms with E-state index in [0.717, 1.165) is 22.1 Å². The van der Waals surface area contributed by atoms with Crippen LogP contribution in [0.1, 0.15) is 76.8 Å². The normalized spacial score (nSPS) is 20.8. The maximum Gasteiger partial charge on any atom is 0.514 e. The SMILES string of the molecule is CC(=O)/C(OC(=O)OC(C(C)C)C(C)C)=C1/C(=O)N2CCO[C@@H](c3cccc4c3Cc3ccc(F)c(F)c3CS4)[C@H]2NN1C(C)C. The maximum absolute atomic E-state index is 14.8. The number of nitrogens with zero attached hydrogens (tertiary/aromatic N) is 2. The van der Waals surface area contributed by atoms with Crippen LogP contribution < -0.4 is 5.43 Å². The fraction of sp³-hybridized carbons (Fsp3) is 0.500. The molecule has 9 nitrogen and oxygen atoms in total. The average Bonchev–Trinajstić information content (AvgIpc) is 3.20. The molecule has 0 radical (unpaired) electrons. The number of allylic oxidation sites excluding steroid dienone is 1. The molecule has 46 heavy (non-hydrogen) atoms. The van der Waals surface area contributed by atoms with Gasteiger partial charge in [-0.25, -0.2) is 19.0 Å². The Morgan fingerprint density at radius 3 is 2.41 bits per heavy atom. The fourth-order valence-corrected chi connectivity index (χ4v) is 7.52. The van der Waals surface area contributed by atoms with Gasteiger partial charge >= 0.3 is 6.16 Å². The fourth-order valence-electron chi connectivity index (χ4n) is 6.37. The minimum absolute atomic E-state index is 0.0114. The number of carbonyl (C=O) groups excluding carboxylic acids is 3. The molecule has 5 rings (SSSR count). The molecular weight excluding hydrogens is 616 g/mol. The van der Waals surface area contributed by atoms with E-state index in [1.807, 2.05) is 59.7 Å². The molecule has 248 valence electrons. The van der Waals surface area contributed by atoms with Crippen LogP contribution in [0.4, 0.5) is 13.6 Å². The standard InChI is InChI=1S/C34H41F2N3O6S/c1-17(2)29(18(3)4)44-34(42)45-30(20(7)40)28-33(41)38-13-14-43-31(32(38)37-39(28)19(5)6)22-9-8-10-26-23(22)15-21-11-12-25(35)27(36)24(21)16-46-26/h8-12,17-19,29,31-32,37H,13-16H2,1-7H3/b30-28+/t31-,32-/m0/s1. The number of amides is 1. The Kier molecular flexibility index (Phi) is 10.1. The maximum atomic E-state index is 14.8. The molecule has 3 aliphatic heterocycles. The monoisotopic (exact) mass is 657 g/mol. The molecule has 2 aromatic rings. The number of ether oxygens (including phenoxy) is 3. The molecule has 2 fully saturated rings. The second-order valence-electron chi connectivity index (χ2n) is 12.8. The lowest BCUT2D eigenvalue weighted by molar-refractivity contribution is -0.165. The molecule has 1 N–H and O–H groups in total. The highest BCUT2D eigenvalue weighted by Crippen LogP contribution is 2.42. The third-order valence-corrected chi connectivity index (χ3v) is 9.65. The van der Waals surface area contributed by atoms with E-state index in [0.29, 0.717) is 17.5 Å². The lowest BCUT2D eigenvalue weighted by atomic mass is 9.92. The van der Waals surface area contributed by atoms with Crippen LogP contribution in [0.25, 0.3) is 0 Å². The number of hydrogen-bond donors (Lipinski definition) is 1. The minimum atomic E-state index is -1.05. The van der Waals surface area contributed by atoms with Gasteiger partial charge in [0.05, 0.1) is 6.61 Å². The first-order chi connectivity index (χ1) is 21.8. The zero-order valence-corrected chi connectivity index (χ0v) is 28.0. The van der Waals surface area contributed by atoms with Crippen molar-refractivity contribution < 1.29 is 37.4 Å². The van der Waals surface area contributed by atoms with Crippen molar-refractivity contribution in [3.8, 4) is 0 Å². The van der Waals surface area contributed by atoms with Crippen LogP contribution >= 0.6 is 11.8 Å². The Labute approximate surface area is 272 Å². The molecule has 0 bridgehead atoms. The second-order valence-corrected chi connectivity index (χ2v) is 13.8. The van der Waals surface area contributed by atoms with Crippen molar-refractivity contribution in [1.29, 1.82) is 0 Å². The van der Waals surface area contributed by atoms with Gasteiger partial charge in [-0.1, -0.05) is 45.9 Å². The number of nitrogens with one attached hydrogen (secondary N) is 1. The van der Waals surface area contributed by atoms with Crippen molar-refractivity contribution in [3.05, 3.63) is 75.7 Å². The van der Waals surface area contributed by atoms with Crippen LogP contribution in [0, 0.1) is 23.5 Å². The van der Waals surface area contributed by atoms with E-state index in [9.17, 15) is 23.2 Å². The summed E-state index contributed by atoms with van der Waals surface area (Å²) in [5, 5.41) is 1.54. The molecule has 0 aromatic heterocycles. The lowest BCUT2D eigenvalue weighted by Crippen LogP contribution is -2.68. The molecule has 2 aromatic carbocycles. The van der Waals surface area contributed by atoms with Gasteiger partial charge in [-0.3, -0.25) is 14.6 Å². The molecule has 0 aliphatic carbocycles. The molecule has 2 saturated heterocycles. The second kappa shape index (κ2) is 13.7. The first-order valence-corrected chi connectivity index (χ1v) is 16.6. The number of Topliss-reactive ketones (excluding diaryl/α,β-unsaturated/α-hetero) is 1. The summed E-state index contributed by atoms with van der Waals surface area (Å²) in [6, 6.07) is 8.19.